The molecule has 0 unspecified atom stereocenters. The highest BCUT2D eigenvalue weighted by molar-refractivity contribution is 5.91. The van der Waals surface area contributed by atoms with Crippen LogP contribution < -0.4 is 10.1 Å². The third-order valence-corrected chi connectivity index (χ3v) is 4.64. The van der Waals surface area contributed by atoms with Crippen molar-refractivity contribution in [1.29, 1.82) is 0 Å². The van der Waals surface area contributed by atoms with Crippen LogP contribution in [0.2, 0.25) is 0 Å². The lowest BCUT2D eigenvalue weighted by atomic mass is 9.87. The number of hydrogen-bond donors (Lipinski definition) is 1. The van der Waals surface area contributed by atoms with Crippen molar-refractivity contribution in [2.24, 2.45) is 0 Å². The average Bonchev–Trinajstić information content (AvgIpc) is 2.64. The number of amides is 2. The van der Waals surface area contributed by atoms with Gasteiger partial charge in [0.25, 0.3) is 0 Å². The van der Waals surface area contributed by atoms with E-state index in [-0.39, 0.29) is 23.7 Å². The Hall–Kier alpha value is -2.82. The van der Waals surface area contributed by atoms with Crippen LogP contribution in [0.15, 0.2) is 48.5 Å². The average molecular weight is 383 g/mol. The number of anilines is 1. The number of hydrogen-bond acceptors (Lipinski definition) is 3. The molecule has 5 nitrogen and oxygen atoms in total. The first kappa shape index (κ1) is 21.5. The van der Waals surface area contributed by atoms with Crippen molar-refractivity contribution in [3.8, 4) is 5.75 Å². The molecule has 0 spiro atoms. The van der Waals surface area contributed by atoms with Gasteiger partial charge in [0.1, 0.15) is 5.75 Å². The van der Waals surface area contributed by atoms with Crippen molar-refractivity contribution in [2.75, 3.05) is 19.0 Å². The fraction of sp³-hybridized carbons (Fsp3) is 0.391. The van der Waals surface area contributed by atoms with E-state index in [9.17, 15) is 9.59 Å². The molecule has 2 rings (SSSR count). The Balaban J connectivity index is 1.94. The minimum Gasteiger partial charge on any atom is -0.496 e. The Morgan fingerprint density at radius 1 is 1.04 bits per heavy atom. The van der Waals surface area contributed by atoms with Gasteiger partial charge in [-0.1, -0.05) is 51.1 Å². The SMILES string of the molecule is COc1ccccc1CN(CCC(=O)Nc1ccc(C(C)(C)C)cc1)C(C)=O. The number of ether oxygens (including phenoxy) is 1. The third-order valence-electron chi connectivity index (χ3n) is 4.64. The van der Waals surface area contributed by atoms with Crippen LogP contribution in [0.25, 0.3) is 0 Å². The minimum atomic E-state index is -0.116. The van der Waals surface area contributed by atoms with Gasteiger partial charge in [-0.25, -0.2) is 0 Å². The molecule has 0 heterocycles. The van der Waals surface area contributed by atoms with Crippen molar-refractivity contribution in [2.45, 2.75) is 46.1 Å². The molecule has 0 atom stereocenters. The summed E-state index contributed by atoms with van der Waals surface area (Å²) in [6, 6.07) is 15.5. The topological polar surface area (TPSA) is 58.6 Å². The summed E-state index contributed by atoms with van der Waals surface area (Å²) >= 11 is 0. The molecule has 2 amide bonds. The molecule has 5 heteroatoms. The second-order valence-corrected chi connectivity index (χ2v) is 7.88. The summed E-state index contributed by atoms with van der Waals surface area (Å²) in [4.78, 5) is 26.0. The van der Waals surface area contributed by atoms with Crippen molar-refractivity contribution < 1.29 is 14.3 Å². The standard InChI is InChI=1S/C23H30N2O3/c1-17(26)25(16-18-8-6-7-9-21(18)28-5)15-14-22(27)24-20-12-10-19(11-13-20)23(2,3)4/h6-13H,14-16H2,1-5H3,(H,24,27). The van der Waals surface area contributed by atoms with Crippen molar-refractivity contribution in [3.63, 3.8) is 0 Å². The number of carbonyl (C=O) groups excluding carboxylic acids is 2. The van der Waals surface area contributed by atoms with E-state index in [0.717, 1.165) is 17.0 Å². The molecule has 0 fully saturated rings. The maximum Gasteiger partial charge on any atom is 0.226 e. The Bertz CT molecular complexity index is 807. The molecule has 0 saturated carbocycles. The number of para-hydroxylation sites is 1. The number of carbonyl (C=O) groups is 2. The smallest absolute Gasteiger partial charge is 0.226 e. The van der Waals surface area contributed by atoms with Gasteiger partial charge < -0.3 is 15.0 Å². The Labute approximate surface area is 167 Å². The van der Waals surface area contributed by atoms with Crippen LogP contribution in [0.5, 0.6) is 5.75 Å². The normalized spacial score (nSPS) is 11.0. The maximum atomic E-state index is 12.3. The summed E-state index contributed by atoms with van der Waals surface area (Å²) in [5, 5.41) is 2.90. The van der Waals surface area contributed by atoms with E-state index in [1.807, 2.05) is 48.5 Å². The van der Waals surface area contributed by atoms with Gasteiger partial charge in [0.2, 0.25) is 11.8 Å². The first-order chi connectivity index (χ1) is 13.2. The highest BCUT2D eigenvalue weighted by Crippen LogP contribution is 2.23. The van der Waals surface area contributed by atoms with E-state index in [1.54, 1.807) is 12.0 Å². The second-order valence-electron chi connectivity index (χ2n) is 7.88. The molecule has 2 aromatic rings. The zero-order chi connectivity index (χ0) is 20.7. The molecule has 0 aliphatic carbocycles. The lowest BCUT2D eigenvalue weighted by molar-refractivity contribution is -0.129. The lowest BCUT2D eigenvalue weighted by Crippen LogP contribution is -2.31. The van der Waals surface area contributed by atoms with Crippen LogP contribution in [0.1, 0.15) is 45.2 Å². The number of nitrogens with one attached hydrogen (secondary N) is 1. The summed E-state index contributed by atoms with van der Waals surface area (Å²) in [5.41, 5.74) is 2.96. The summed E-state index contributed by atoms with van der Waals surface area (Å²) in [5.74, 6) is 0.542. The quantitative estimate of drug-likeness (QED) is 0.773. The van der Waals surface area contributed by atoms with Gasteiger partial charge in [-0.05, 0) is 29.2 Å². The molecule has 0 saturated heterocycles. The third kappa shape index (κ3) is 6.12. The van der Waals surface area contributed by atoms with E-state index in [1.165, 1.54) is 12.5 Å². The van der Waals surface area contributed by atoms with Crippen LogP contribution in [0.4, 0.5) is 5.69 Å². The second kappa shape index (κ2) is 9.40. The zero-order valence-electron chi connectivity index (χ0n) is 17.4. The van der Waals surface area contributed by atoms with Crippen LogP contribution in [0, 0.1) is 0 Å². The molecule has 28 heavy (non-hydrogen) atoms. The van der Waals surface area contributed by atoms with Crippen LogP contribution in [0.3, 0.4) is 0 Å². The fourth-order valence-electron chi connectivity index (χ4n) is 2.90. The number of rotatable bonds is 7. The number of benzene rings is 2. The first-order valence-corrected chi connectivity index (χ1v) is 9.48. The molecule has 0 bridgehead atoms. The van der Waals surface area contributed by atoms with Crippen LogP contribution in [-0.4, -0.2) is 30.4 Å². The molecule has 2 aromatic carbocycles. The van der Waals surface area contributed by atoms with E-state index >= 15 is 0 Å². The van der Waals surface area contributed by atoms with Gasteiger partial charge in [-0.3, -0.25) is 9.59 Å². The Morgan fingerprint density at radius 2 is 1.68 bits per heavy atom. The Kier molecular flexibility index (Phi) is 7.21. The molecule has 1 N–H and O–H groups in total. The van der Waals surface area contributed by atoms with E-state index in [4.69, 9.17) is 4.74 Å². The van der Waals surface area contributed by atoms with Crippen LogP contribution in [-0.2, 0) is 21.5 Å². The zero-order valence-corrected chi connectivity index (χ0v) is 17.4. The lowest BCUT2D eigenvalue weighted by Gasteiger charge is -2.22. The van der Waals surface area contributed by atoms with Gasteiger partial charge >= 0.3 is 0 Å². The van der Waals surface area contributed by atoms with Crippen molar-refractivity contribution >= 4 is 17.5 Å². The molecular formula is C23H30N2O3. The summed E-state index contributed by atoms with van der Waals surface area (Å²) in [6.07, 6.45) is 0.232. The summed E-state index contributed by atoms with van der Waals surface area (Å²) in [7, 11) is 1.61. The van der Waals surface area contributed by atoms with E-state index in [0.29, 0.717) is 13.1 Å². The summed E-state index contributed by atoms with van der Waals surface area (Å²) < 4.78 is 5.35. The number of nitrogens with zero attached hydrogens (tertiary/aromatic N) is 1. The maximum absolute atomic E-state index is 12.3. The first-order valence-electron chi connectivity index (χ1n) is 9.48. The molecule has 0 aromatic heterocycles. The summed E-state index contributed by atoms with van der Waals surface area (Å²) in [6.45, 7) is 8.72. The highest BCUT2D eigenvalue weighted by atomic mass is 16.5. The fourth-order valence-corrected chi connectivity index (χ4v) is 2.90. The predicted octanol–water partition coefficient (Wildman–Crippen LogP) is 4.37. The van der Waals surface area contributed by atoms with Gasteiger partial charge in [-0.2, -0.15) is 0 Å². The molecule has 0 aliphatic rings. The monoisotopic (exact) mass is 382 g/mol. The Morgan fingerprint density at radius 3 is 2.25 bits per heavy atom. The van der Waals surface area contributed by atoms with Gasteiger partial charge in [0.05, 0.1) is 7.11 Å². The molecule has 150 valence electrons. The van der Waals surface area contributed by atoms with Crippen molar-refractivity contribution in [1.82, 2.24) is 4.90 Å². The van der Waals surface area contributed by atoms with E-state index in [2.05, 4.69) is 26.1 Å². The molecule has 0 radical (unpaired) electrons. The molecular weight excluding hydrogens is 352 g/mol. The predicted molar refractivity (Wildman–Crippen MR) is 112 cm³/mol. The number of methoxy groups -OCH3 is 1. The highest BCUT2D eigenvalue weighted by Gasteiger charge is 2.15. The minimum absolute atomic E-state index is 0.0724. The van der Waals surface area contributed by atoms with Gasteiger partial charge in [0, 0.05) is 37.7 Å². The molecule has 0 aliphatic heterocycles. The van der Waals surface area contributed by atoms with Crippen LogP contribution >= 0.6 is 0 Å². The van der Waals surface area contributed by atoms with Gasteiger partial charge in [-0.15, -0.1) is 0 Å². The van der Waals surface area contributed by atoms with Crippen molar-refractivity contribution in [3.05, 3.63) is 59.7 Å². The van der Waals surface area contributed by atoms with Gasteiger partial charge in [0.15, 0.2) is 0 Å². The van der Waals surface area contributed by atoms with E-state index < -0.39 is 0 Å². The largest absolute Gasteiger partial charge is 0.496 e.